The molecule has 0 spiro atoms. The van der Waals surface area contributed by atoms with E-state index in [0.29, 0.717) is 11.1 Å². The Hall–Kier alpha value is -3.39. The van der Waals surface area contributed by atoms with Gasteiger partial charge >= 0.3 is 6.01 Å². The molecular formula is C20H16N4O. The minimum absolute atomic E-state index is 0.0447. The first-order chi connectivity index (χ1) is 12.1. The maximum atomic E-state index is 7.12. The summed E-state index contributed by atoms with van der Waals surface area (Å²) in [6.45, 7) is 13.4. The van der Waals surface area contributed by atoms with Gasteiger partial charge in [-0.05, 0) is 44.0 Å². The second-order valence-corrected chi connectivity index (χ2v) is 6.13. The normalized spacial score (nSPS) is 11.0. The van der Waals surface area contributed by atoms with Crippen molar-refractivity contribution in [2.75, 3.05) is 0 Å². The minimum atomic E-state index is 0.0447. The van der Waals surface area contributed by atoms with Gasteiger partial charge in [-0.25, -0.2) is 4.98 Å². The first-order valence-electron chi connectivity index (χ1n) is 7.97. The Morgan fingerprint density at radius 2 is 1.88 bits per heavy atom. The van der Waals surface area contributed by atoms with Crippen LogP contribution >= 0.6 is 0 Å². The van der Waals surface area contributed by atoms with Crippen molar-refractivity contribution in [1.29, 1.82) is 0 Å². The van der Waals surface area contributed by atoms with Gasteiger partial charge in [-0.15, -0.1) is 0 Å². The van der Waals surface area contributed by atoms with Crippen molar-refractivity contribution >= 4 is 17.1 Å². The van der Waals surface area contributed by atoms with Crippen LogP contribution in [0.2, 0.25) is 0 Å². The third kappa shape index (κ3) is 2.39. The SMILES string of the molecule is [C-]#[N+]c1nc2c(-c3nccn3-c3c(C)cc(C)cc3C)cccc2o1. The fraction of sp³-hybridized carbons (Fsp3) is 0.150. The zero-order valence-corrected chi connectivity index (χ0v) is 14.2. The highest BCUT2D eigenvalue weighted by molar-refractivity contribution is 5.90. The highest BCUT2D eigenvalue weighted by Crippen LogP contribution is 2.32. The fourth-order valence-electron chi connectivity index (χ4n) is 3.40. The van der Waals surface area contributed by atoms with Crippen molar-refractivity contribution < 1.29 is 4.42 Å². The monoisotopic (exact) mass is 328 g/mol. The van der Waals surface area contributed by atoms with E-state index in [1.165, 1.54) is 16.7 Å². The van der Waals surface area contributed by atoms with Crippen LogP contribution in [0.1, 0.15) is 16.7 Å². The fourth-order valence-corrected chi connectivity index (χ4v) is 3.40. The Labute approximate surface area is 145 Å². The molecule has 4 aromatic rings. The van der Waals surface area contributed by atoms with Crippen molar-refractivity contribution in [1.82, 2.24) is 14.5 Å². The van der Waals surface area contributed by atoms with Crippen LogP contribution in [-0.4, -0.2) is 14.5 Å². The van der Waals surface area contributed by atoms with E-state index in [2.05, 4.69) is 52.3 Å². The van der Waals surface area contributed by atoms with E-state index >= 15 is 0 Å². The van der Waals surface area contributed by atoms with Crippen LogP contribution < -0.4 is 0 Å². The van der Waals surface area contributed by atoms with Gasteiger partial charge in [0.05, 0.1) is 11.3 Å². The number of fused-ring (bicyclic) bond motifs is 1. The molecule has 0 bridgehead atoms. The molecule has 0 aliphatic carbocycles. The molecule has 2 heterocycles. The molecule has 25 heavy (non-hydrogen) atoms. The molecule has 2 aromatic heterocycles. The maximum absolute atomic E-state index is 7.12. The second kappa shape index (κ2) is 5.60. The average Bonchev–Trinajstić information content (AvgIpc) is 3.19. The molecule has 5 heteroatoms. The second-order valence-electron chi connectivity index (χ2n) is 6.13. The first kappa shape index (κ1) is 15.2. The van der Waals surface area contributed by atoms with E-state index in [-0.39, 0.29) is 6.01 Å². The lowest BCUT2D eigenvalue weighted by molar-refractivity contribution is 0.632. The Kier molecular flexibility index (Phi) is 3.40. The molecule has 4 rings (SSSR count). The standard InChI is InChI=1S/C20H16N4O/c1-12-10-13(2)18(14(3)11-12)24-9-8-22-19(24)15-6-5-7-16-17(15)23-20(21-4)25-16/h5-11H,1-3H3. The van der Waals surface area contributed by atoms with E-state index in [1.807, 2.05) is 24.4 Å². The van der Waals surface area contributed by atoms with Crippen LogP contribution in [0.4, 0.5) is 6.01 Å². The molecule has 0 unspecified atom stereocenters. The number of oxazole rings is 1. The van der Waals surface area contributed by atoms with Crippen LogP contribution in [0.25, 0.3) is 33.0 Å². The molecule has 0 amide bonds. The highest BCUT2D eigenvalue weighted by Gasteiger charge is 2.19. The summed E-state index contributed by atoms with van der Waals surface area (Å²) in [6.07, 6.45) is 3.73. The van der Waals surface area contributed by atoms with Gasteiger partial charge in [0.1, 0.15) is 5.82 Å². The molecule has 122 valence electrons. The van der Waals surface area contributed by atoms with Crippen LogP contribution in [0, 0.1) is 27.3 Å². The van der Waals surface area contributed by atoms with E-state index in [1.54, 1.807) is 6.20 Å². The van der Waals surface area contributed by atoms with E-state index < -0.39 is 0 Å². The molecule has 2 aromatic carbocycles. The topological polar surface area (TPSA) is 48.2 Å². The quantitative estimate of drug-likeness (QED) is 0.478. The number of imidazole rings is 1. The van der Waals surface area contributed by atoms with E-state index in [0.717, 1.165) is 17.1 Å². The number of hydrogen-bond donors (Lipinski definition) is 0. The molecule has 0 aliphatic heterocycles. The van der Waals surface area contributed by atoms with Crippen LogP contribution in [0.5, 0.6) is 0 Å². The molecule has 5 nitrogen and oxygen atoms in total. The molecule has 0 N–H and O–H groups in total. The summed E-state index contributed by atoms with van der Waals surface area (Å²) in [6, 6.07) is 10.0. The summed E-state index contributed by atoms with van der Waals surface area (Å²) in [5, 5.41) is 0. The van der Waals surface area contributed by atoms with E-state index in [4.69, 9.17) is 11.0 Å². The van der Waals surface area contributed by atoms with Gasteiger partial charge in [0.2, 0.25) is 5.52 Å². The number of rotatable bonds is 2. The van der Waals surface area contributed by atoms with Crippen molar-refractivity contribution in [2.45, 2.75) is 20.8 Å². The van der Waals surface area contributed by atoms with Crippen LogP contribution in [0.3, 0.4) is 0 Å². The lowest BCUT2D eigenvalue weighted by Gasteiger charge is -2.15. The largest absolute Gasteiger partial charge is 0.460 e. The molecular weight excluding hydrogens is 312 g/mol. The molecule has 0 aliphatic rings. The van der Waals surface area contributed by atoms with Crippen molar-refractivity contribution in [3.05, 3.63) is 70.8 Å². The van der Waals surface area contributed by atoms with Crippen molar-refractivity contribution in [3.8, 4) is 17.1 Å². The Balaban J connectivity index is 1.98. The molecule has 0 radical (unpaired) electrons. The Bertz CT molecular complexity index is 1120. The van der Waals surface area contributed by atoms with Crippen LogP contribution in [-0.2, 0) is 0 Å². The van der Waals surface area contributed by atoms with Gasteiger partial charge in [0, 0.05) is 12.4 Å². The molecule has 0 saturated heterocycles. The Morgan fingerprint density at radius 3 is 2.60 bits per heavy atom. The predicted molar refractivity (Wildman–Crippen MR) is 97.0 cm³/mol. The van der Waals surface area contributed by atoms with Crippen molar-refractivity contribution in [3.63, 3.8) is 0 Å². The highest BCUT2D eigenvalue weighted by atomic mass is 16.4. The summed E-state index contributed by atoms with van der Waals surface area (Å²) in [5.41, 5.74) is 6.82. The third-order valence-corrected chi connectivity index (χ3v) is 4.26. The third-order valence-electron chi connectivity index (χ3n) is 4.26. The Morgan fingerprint density at radius 1 is 1.12 bits per heavy atom. The van der Waals surface area contributed by atoms with Gasteiger partial charge in [-0.3, -0.25) is 4.57 Å². The predicted octanol–water partition coefficient (Wildman–Crippen LogP) is 5.16. The number of para-hydroxylation sites is 1. The minimum Gasteiger partial charge on any atom is -0.460 e. The smallest absolute Gasteiger partial charge is 0.450 e. The lowest BCUT2D eigenvalue weighted by atomic mass is 10.0. The molecule has 0 fully saturated rings. The molecule has 0 atom stereocenters. The zero-order chi connectivity index (χ0) is 17.6. The summed E-state index contributed by atoms with van der Waals surface area (Å²) >= 11 is 0. The van der Waals surface area contributed by atoms with Gasteiger partial charge in [-0.1, -0.05) is 35.3 Å². The van der Waals surface area contributed by atoms with Gasteiger partial charge in [-0.2, -0.15) is 0 Å². The first-order valence-corrected chi connectivity index (χ1v) is 7.97. The van der Waals surface area contributed by atoms with Crippen LogP contribution in [0.15, 0.2) is 47.1 Å². The summed E-state index contributed by atoms with van der Waals surface area (Å²) in [5.74, 6) is 0.783. The van der Waals surface area contributed by atoms with Crippen molar-refractivity contribution in [2.24, 2.45) is 0 Å². The number of hydrogen-bond acceptors (Lipinski definition) is 3. The van der Waals surface area contributed by atoms with Gasteiger partial charge < -0.3 is 9.26 Å². The molecule has 0 saturated carbocycles. The maximum Gasteiger partial charge on any atom is 0.450 e. The number of aromatic nitrogens is 3. The van der Waals surface area contributed by atoms with Gasteiger partial charge in [0.15, 0.2) is 5.58 Å². The number of nitrogens with zero attached hydrogens (tertiary/aromatic N) is 4. The summed E-state index contributed by atoms with van der Waals surface area (Å²) in [7, 11) is 0. The average molecular weight is 328 g/mol. The summed E-state index contributed by atoms with van der Waals surface area (Å²) in [4.78, 5) is 12.2. The number of aryl methyl sites for hydroxylation is 3. The summed E-state index contributed by atoms with van der Waals surface area (Å²) < 4.78 is 7.54. The number of benzene rings is 2. The lowest BCUT2D eigenvalue weighted by Crippen LogP contribution is -2.02. The zero-order valence-electron chi connectivity index (χ0n) is 14.2. The van der Waals surface area contributed by atoms with Gasteiger partial charge in [0.25, 0.3) is 0 Å². The van der Waals surface area contributed by atoms with E-state index in [9.17, 15) is 0 Å².